The van der Waals surface area contributed by atoms with Crippen molar-refractivity contribution in [3.05, 3.63) is 206 Å². The lowest BCUT2D eigenvalue weighted by Gasteiger charge is -2.13. The van der Waals surface area contributed by atoms with Crippen LogP contribution in [0, 0.1) is 0 Å². The molecule has 0 aliphatic carbocycles. The quantitative estimate of drug-likeness (QED) is 0.172. The fourth-order valence-corrected chi connectivity index (χ4v) is 8.33. The zero-order valence-electron chi connectivity index (χ0n) is 30.4. The topological polar surface area (TPSA) is 35.6 Å². The number of benzene rings is 8. The van der Waals surface area contributed by atoms with Crippen LogP contribution in [0.3, 0.4) is 0 Å². The molecule has 0 atom stereocenters. The molecule has 0 amide bonds. The van der Waals surface area contributed by atoms with Gasteiger partial charge in [0.2, 0.25) is 0 Å². The largest absolute Gasteiger partial charge is 0.309 e. The summed E-state index contributed by atoms with van der Waals surface area (Å²) in [5.74, 6) is 1.49. The van der Waals surface area contributed by atoms with Gasteiger partial charge in [0, 0.05) is 44.4 Å². The van der Waals surface area contributed by atoms with E-state index in [4.69, 9.17) is 9.97 Å². The van der Waals surface area contributed by atoms with Crippen LogP contribution in [0.1, 0.15) is 0 Å². The average Bonchev–Trinajstić information content (AvgIpc) is 3.80. The van der Waals surface area contributed by atoms with Crippen molar-refractivity contribution in [2.75, 3.05) is 0 Å². The number of para-hydroxylation sites is 3. The minimum Gasteiger partial charge on any atom is -0.309 e. The van der Waals surface area contributed by atoms with Crippen LogP contribution < -0.4 is 0 Å². The van der Waals surface area contributed by atoms with Gasteiger partial charge in [0.15, 0.2) is 5.82 Å². The van der Waals surface area contributed by atoms with Crippen LogP contribution in [0.2, 0.25) is 0 Å². The van der Waals surface area contributed by atoms with Crippen LogP contribution in [-0.4, -0.2) is 19.1 Å². The summed E-state index contributed by atoms with van der Waals surface area (Å²) in [6.07, 6.45) is 0. The molecule has 3 heterocycles. The van der Waals surface area contributed by atoms with E-state index in [1.165, 1.54) is 49.3 Å². The summed E-state index contributed by atoms with van der Waals surface area (Å²) in [7, 11) is 0. The Bertz CT molecular complexity index is 3100. The number of hydrogen-bond acceptors (Lipinski definition) is 2. The van der Waals surface area contributed by atoms with Gasteiger partial charge < -0.3 is 4.57 Å². The fraction of sp³-hybridized carbons (Fsp3) is 0. The molecule has 3 aromatic heterocycles. The summed E-state index contributed by atoms with van der Waals surface area (Å²) in [4.78, 5) is 10.6. The number of hydrogen-bond donors (Lipinski definition) is 0. The van der Waals surface area contributed by atoms with E-state index in [2.05, 4.69) is 209 Å². The van der Waals surface area contributed by atoms with Crippen LogP contribution in [-0.2, 0) is 0 Å². The monoisotopic (exact) mass is 714 g/mol. The molecule has 0 saturated heterocycles. The van der Waals surface area contributed by atoms with E-state index in [0.29, 0.717) is 5.82 Å². The number of rotatable bonds is 6. The minimum atomic E-state index is 0.676. The highest BCUT2D eigenvalue weighted by atomic mass is 15.1. The molecule has 4 heteroatoms. The average molecular weight is 715 g/mol. The summed E-state index contributed by atoms with van der Waals surface area (Å²) in [5.41, 5.74) is 13.2. The molecule has 8 aromatic carbocycles. The normalized spacial score (nSPS) is 11.6. The Labute approximate surface area is 324 Å². The molecular weight excluding hydrogens is 681 g/mol. The van der Waals surface area contributed by atoms with Gasteiger partial charge in [-0.05, 0) is 52.6 Å². The second kappa shape index (κ2) is 13.1. The molecule has 0 aliphatic rings. The van der Waals surface area contributed by atoms with Gasteiger partial charge in [-0.2, -0.15) is 0 Å². The Kier molecular flexibility index (Phi) is 7.46. The summed E-state index contributed by atoms with van der Waals surface area (Å²) in [6.45, 7) is 0. The van der Waals surface area contributed by atoms with Crippen molar-refractivity contribution < 1.29 is 0 Å². The van der Waals surface area contributed by atoms with Gasteiger partial charge in [-0.15, -0.1) is 0 Å². The maximum atomic E-state index is 5.39. The summed E-state index contributed by atoms with van der Waals surface area (Å²) >= 11 is 0. The summed E-state index contributed by atoms with van der Waals surface area (Å²) < 4.78 is 4.74. The maximum Gasteiger partial charge on any atom is 0.162 e. The Morgan fingerprint density at radius 2 is 0.821 bits per heavy atom. The maximum absolute atomic E-state index is 5.39. The van der Waals surface area contributed by atoms with E-state index in [1.54, 1.807) is 0 Å². The van der Waals surface area contributed by atoms with Crippen molar-refractivity contribution in [1.29, 1.82) is 0 Å². The summed E-state index contributed by atoms with van der Waals surface area (Å²) in [6, 6.07) is 73.1. The van der Waals surface area contributed by atoms with Crippen molar-refractivity contribution in [3.8, 4) is 56.4 Å². The predicted octanol–water partition coefficient (Wildman–Crippen LogP) is 13.3. The highest BCUT2D eigenvalue weighted by Crippen LogP contribution is 2.42. The van der Waals surface area contributed by atoms with E-state index < -0.39 is 0 Å². The molecule has 4 nitrogen and oxygen atoms in total. The molecular formula is C52H34N4. The number of aromatic nitrogens is 4. The van der Waals surface area contributed by atoms with E-state index in [-0.39, 0.29) is 0 Å². The van der Waals surface area contributed by atoms with Gasteiger partial charge in [0.05, 0.1) is 27.8 Å². The molecule has 56 heavy (non-hydrogen) atoms. The first-order valence-electron chi connectivity index (χ1n) is 19.0. The standard InChI is InChI=1S/C52H34N4/c1-4-14-35(15-5-1)37-24-28-39(29-25-37)45-34-49(54-52(53-45)40-30-26-38(27-31-40)36-16-6-2-7-17-36)56-47-23-13-11-21-44(47)50-48(56)33-32-43-42-20-10-12-22-46(42)55(51(43)50)41-18-8-3-9-19-41/h1-34H. The smallest absolute Gasteiger partial charge is 0.162 e. The Balaban J connectivity index is 1.17. The van der Waals surface area contributed by atoms with Crippen LogP contribution >= 0.6 is 0 Å². The Morgan fingerprint density at radius 1 is 0.321 bits per heavy atom. The van der Waals surface area contributed by atoms with Gasteiger partial charge in [0.1, 0.15) is 5.82 Å². The van der Waals surface area contributed by atoms with Gasteiger partial charge in [-0.25, -0.2) is 9.97 Å². The molecule has 0 N–H and O–H groups in total. The lowest BCUT2D eigenvalue weighted by Crippen LogP contribution is -2.02. The second-order valence-corrected chi connectivity index (χ2v) is 14.2. The first kappa shape index (κ1) is 31.9. The molecule has 0 radical (unpaired) electrons. The molecule has 11 rings (SSSR count). The molecule has 0 spiro atoms. The lowest BCUT2D eigenvalue weighted by atomic mass is 10.0. The van der Waals surface area contributed by atoms with Crippen molar-refractivity contribution in [3.63, 3.8) is 0 Å². The van der Waals surface area contributed by atoms with Crippen LogP contribution in [0.4, 0.5) is 0 Å². The van der Waals surface area contributed by atoms with E-state index in [0.717, 1.165) is 44.9 Å². The van der Waals surface area contributed by atoms with E-state index >= 15 is 0 Å². The first-order valence-corrected chi connectivity index (χ1v) is 19.0. The van der Waals surface area contributed by atoms with Gasteiger partial charge in [0.25, 0.3) is 0 Å². The van der Waals surface area contributed by atoms with Gasteiger partial charge in [-0.3, -0.25) is 4.57 Å². The second-order valence-electron chi connectivity index (χ2n) is 14.2. The zero-order valence-corrected chi connectivity index (χ0v) is 30.4. The van der Waals surface area contributed by atoms with Crippen LogP contribution in [0.15, 0.2) is 206 Å². The third kappa shape index (κ3) is 5.23. The highest BCUT2D eigenvalue weighted by molar-refractivity contribution is 6.26. The zero-order chi connectivity index (χ0) is 37.0. The minimum absolute atomic E-state index is 0.676. The van der Waals surface area contributed by atoms with Crippen molar-refractivity contribution in [2.45, 2.75) is 0 Å². The van der Waals surface area contributed by atoms with Crippen molar-refractivity contribution >= 4 is 43.6 Å². The molecule has 0 unspecified atom stereocenters. The van der Waals surface area contributed by atoms with Crippen molar-refractivity contribution in [1.82, 2.24) is 19.1 Å². The lowest BCUT2D eigenvalue weighted by molar-refractivity contribution is 1.05. The predicted molar refractivity (Wildman–Crippen MR) is 232 cm³/mol. The molecule has 262 valence electrons. The molecule has 0 saturated carbocycles. The van der Waals surface area contributed by atoms with Crippen LogP contribution in [0.5, 0.6) is 0 Å². The van der Waals surface area contributed by atoms with Gasteiger partial charge in [-0.1, -0.05) is 170 Å². The van der Waals surface area contributed by atoms with Crippen LogP contribution in [0.25, 0.3) is 100 Å². The fourth-order valence-electron chi connectivity index (χ4n) is 8.33. The molecule has 0 aliphatic heterocycles. The third-order valence-electron chi connectivity index (χ3n) is 11.0. The summed E-state index contributed by atoms with van der Waals surface area (Å²) in [5, 5.41) is 4.82. The van der Waals surface area contributed by atoms with Gasteiger partial charge >= 0.3 is 0 Å². The Hall–Kier alpha value is -7.56. The van der Waals surface area contributed by atoms with E-state index in [1.807, 2.05) is 6.07 Å². The molecule has 0 fully saturated rings. The molecule has 0 bridgehead atoms. The number of fused-ring (bicyclic) bond motifs is 7. The highest BCUT2D eigenvalue weighted by Gasteiger charge is 2.22. The number of nitrogens with zero attached hydrogens (tertiary/aromatic N) is 4. The Morgan fingerprint density at radius 3 is 1.46 bits per heavy atom. The SMILES string of the molecule is c1ccc(-c2ccc(-c3cc(-n4c5ccccc5c5c4ccc4c6ccccc6n(-c6ccccc6)c45)nc(-c4ccc(-c5ccccc5)cc4)n3)cc2)cc1. The van der Waals surface area contributed by atoms with Crippen molar-refractivity contribution in [2.24, 2.45) is 0 Å². The first-order chi connectivity index (χ1) is 27.8. The van der Waals surface area contributed by atoms with E-state index in [9.17, 15) is 0 Å². The molecule has 11 aromatic rings. The third-order valence-corrected chi connectivity index (χ3v) is 11.0.